The first kappa shape index (κ1) is 26.5. The molecule has 2 atom stereocenters. The Labute approximate surface area is 193 Å². The molecule has 3 N–H and O–H groups in total. The Balaban J connectivity index is 1.95. The van der Waals surface area contributed by atoms with Crippen LogP contribution in [0.15, 0.2) is 64.4 Å². The summed E-state index contributed by atoms with van der Waals surface area (Å²) in [6.45, 7) is 6.03. The molecule has 2 unspecified atom stereocenters. The molecule has 0 aliphatic carbocycles. The van der Waals surface area contributed by atoms with Crippen molar-refractivity contribution in [2.24, 2.45) is 0 Å². The van der Waals surface area contributed by atoms with Crippen molar-refractivity contribution >= 4 is 37.6 Å². The van der Waals surface area contributed by atoms with Gasteiger partial charge in [0.15, 0.2) is 6.10 Å². The average Bonchev–Trinajstić information content (AvgIpc) is 2.73. The van der Waals surface area contributed by atoms with E-state index >= 15 is 0 Å². The van der Waals surface area contributed by atoms with Gasteiger partial charge in [-0.1, -0.05) is 18.2 Å². The molecule has 180 valence electrons. The fraction of sp³-hybridized carbons (Fsp3) is 0.333. The van der Waals surface area contributed by atoms with E-state index in [-0.39, 0.29) is 15.8 Å². The van der Waals surface area contributed by atoms with Crippen LogP contribution >= 0.6 is 0 Å². The van der Waals surface area contributed by atoms with Gasteiger partial charge in [0.2, 0.25) is 20.0 Å². The highest BCUT2D eigenvalue weighted by Gasteiger charge is 2.26. The van der Waals surface area contributed by atoms with Gasteiger partial charge in [0, 0.05) is 11.7 Å². The summed E-state index contributed by atoms with van der Waals surface area (Å²) < 4.78 is 58.7. The van der Waals surface area contributed by atoms with E-state index in [0.29, 0.717) is 5.69 Å². The van der Waals surface area contributed by atoms with Gasteiger partial charge in [-0.05, 0) is 64.1 Å². The van der Waals surface area contributed by atoms with Crippen LogP contribution in [0.4, 0.5) is 5.69 Å². The van der Waals surface area contributed by atoms with Crippen LogP contribution < -0.4 is 14.8 Å². The summed E-state index contributed by atoms with van der Waals surface area (Å²) in [5.74, 6) is -1.60. The number of hydrogen-bond acceptors (Lipinski definition) is 7. The monoisotopic (exact) mass is 497 g/mol. The van der Waals surface area contributed by atoms with Crippen LogP contribution in [0.2, 0.25) is 0 Å². The van der Waals surface area contributed by atoms with E-state index < -0.39 is 44.1 Å². The third kappa shape index (κ3) is 7.63. The molecule has 0 aliphatic heterocycles. The van der Waals surface area contributed by atoms with Crippen molar-refractivity contribution in [1.29, 1.82) is 0 Å². The molecule has 10 nitrogen and oxygen atoms in total. The van der Waals surface area contributed by atoms with Crippen molar-refractivity contribution in [2.45, 2.75) is 55.7 Å². The second-order valence-corrected chi connectivity index (χ2v) is 11.0. The molecule has 2 rings (SSSR count). The van der Waals surface area contributed by atoms with Gasteiger partial charge in [-0.25, -0.2) is 21.6 Å². The summed E-state index contributed by atoms with van der Waals surface area (Å²) in [4.78, 5) is 24.6. The minimum Gasteiger partial charge on any atom is -0.451 e. The molecule has 0 aromatic heterocycles. The summed E-state index contributed by atoms with van der Waals surface area (Å²) in [6, 6.07) is 11.5. The van der Waals surface area contributed by atoms with Crippen molar-refractivity contribution in [3.05, 3.63) is 54.6 Å². The van der Waals surface area contributed by atoms with Gasteiger partial charge in [0.05, 0.1) is 9.79 Å². The Morgan fingerprint density at radius 2 is 1.27 bits per heavy atom. The lowest BCUT2D eigenvalue weighted by atomic mass is 10.3. The predicted octanol–water partition coefficient (Wildman–Crippen LogP) is 1.61. The lowest BCUT2D eigenvalue weighted by Gasteiger charge is -2.18. The first-order valence-corrected chi connectivity index (χ1v) is 13.0. The van der Waals surface area contributed by atoms with Gasteiger partial charge < -0.3 is 10.1 Å². The molecule has 0 saturated heterocycles. The zero-order chi connectivity index (χ0) is 24.8. The summed E-state index contributed by atoms with van der Waals surface area (Å²) in [5.41, 5.74) is 0.296. The normalized spacial score (nSPS) is 13.8. The van der Waals surface area contributed by atoms with E-state index in [1.165, 1.54) is 50.2 Å². The molecule has 0 fully saturated rings. The maximum Gasteiger partial charge on any atom is 0.324 e. The van der Waals surface area contributed by atoms with E-state index in [4.69, 9.17) is 4.74 Å². The van der Waals surface area contributed by atoms with E-state index in [2.05, 4.69) is 14.8 Å². The van der Waals surface area contributed by atoms with Crippen LogP contribution in [0.5, 0.6) is 0 Å². The molecule has 12 heteroatoms. The number of carbonyl (C=O) groups is 2. The number of esters is 1. The molecule has 2 aromatic carbocycles. The Morgan fingerprint density at radius 1 is 0.758 bits per heavy atom. The van der Waals surface area contributed by atoms with E-state index in [0.717, 1.165) is 0 Å². The molecule has 0 radical (unpaired) electrons. The highest BCUT2D eigenvalue weighted by molar-refractivity contribution is 7.89. The van der Waals surface area contributed by atoms with Crippen LogP contribution in [0, 0.1) is 0 Å². The van der Waals surface area contributed by atoms with Crippen molar-refractivity contribution in [1.82, 2.24) is 9.44 Å². The lowest BCUT2D eigenvalue weighted by molar-refractivity contribution is -0.154. The number of nitrogens with one attached hydrogen (secondary N) is 3. The molecule has 33 heavy (non-hydrogen) atoms. The van der Waals surface area contributed by atoms with Crippen molar-refractivity contribution in [3.8, 4) is 0 Å². The standard InChI is InChI=1S/C21H27N3O7S2/c1-14(2)23-32(27,28)19-12-10-17(11-13-19)22-20(25)16(4)31-21(26)15(3)24-33(29,30)18-8-6-5-7-9-18/h5-16,23-24H,1-4H3,(H,22,25). The van der Waals surface area contributed by atoms with Crippen molar-refractivity contribution in [2.75, 3.05) is 5.32 Å². The van der Waals surface area contributed by atoms with Gasteiger partial charge in [-0.2, -0.15) is 4.72 Å². The van der Waals surface area contributed by atoms with Gasteiger partial charge in [0.1, 0.15) is 6.04 Å². The van der Waals surface area contributed by atoms with E-state index in [1.54, 1.807) is 32.0 Å². The number of sulfonamides is 2. The quantitative estimate of drug-likeness (QED) is 0.422. The van der Waals surface area contributed by atoms with Crippen LogP contribution in [0.25, 0.3) is 0 Å². The van der Waals surface area contributed by atoms with Gasteiger partial charge in [-0.15, -0.1) is 0 Å². The Morgan fingerprint density at radius 3 is 1.82 bits per heavy atom. The number of rotatable bonds is 10. The SMILES string of the molecule is CC(C)NS(=O)(=O)c1ccc(NC(=O)C(C)OC(=O)C(C)NS(=O)(=O)c2ccccc2)cc1. The molecule has 0 heterocycles. The average molecular weight is 498 g/mol. The Bertz CT molecular complexity index is 1180. The molecular weight excluding hydrogens is 470 g/mol. The maximum absolute atomic E-state index is 12.3. The number of hydrogen-bond donors (Lipinski definition) is 3. The zero-order valence-electron chi connectivity index (χ0n) is 18.6. The first-order valence-electron chi connectivity index (χ1n) is 10.0. The minimum atomic E-state index is -3.94. The zero-order valence-corrected chi connectivity index (χ0v) is 20.2. The lowest BCUT2D eigenvalue weighted by Crippen LogP contribution is -2.42. The fourth-order valence-electron chi connectivity index (χ4n) is 2.62. The molecule has 0 aliphatic rings. The second-order valence-electron chi connectivity index (χ2n) is 7.52. The minimum absolute atomic E-state index is 0.00973. The smallest absolute Gasteiger partial charge is 0.324 e. The van der Waals surface area contributed by atoms with Gasteiger partial charge in [0.25, 0.3) is 5.91 Å². The highest BCUT2D eigenvalue weighted by Crippen LogP contribution is 2.15. The third-order valence-corrected chi connectivity index (χ3v) is 7.46. The largest absolute Gasteiger partial charge is 0.451 e. The Kier molecular flexibility index (Phi) is 8.72. The number of benzene rings is 2. The summed E-state index contributed by atoms with van der Waals surface area (Å²) in [6.07, 6.45) is -1.23. The van der Waals surface area contributed by atoms with Crippen LogP contribution in [0.1, 0.15) is 27.7 Å². The number of anilines is 1. The third-order valence-electron chi connectivity index (χ3n) is 4.22. The van der Waals surface area contributed by atoms with Gasteiger partial charge >= 0.3 is 5.97 Å². The molecule has 2 aromatic rings. The first-order chi connectivity index (χ1) is 15.3. The van der Waals surface area contributed by atoms with Crippen molar-refractivity contribution in [3.63, 3.8) is 0 Å². The van der Waals surface area contributed by atoms with Crippen LogP contribution in [0.3, 0.4) is 0 Å². The molecule has 0 spiro atoms. The van der Waals surface area contributed by atoms with E-state index in [1.807, 2.05) is 0 Å². The molecular formula is C21H27N3O7S2. The number of ether oxygens (including phenoxy) is 1. The number of carbonyl (C=O) groups excluding carboxylic acids is 2. The number of amides is 1. The van der Waals surface area contributed by atoms with Gasteiger partial charge in [-0.3, -0.25) is 9.59 Å². The predicted molar refractivity (Wildman–Crippen MR) is 122 cm³/mol. The fourth-order valence-corrected chi connectivity index (χ4v) is 5.08. The van der Waals surface area contributed by atoms with Crippen molar-refractivity contribution < 1.29 is 31.2 Å². The molecule has 1 amide bonds. The summed E-state index contributed by atoms with van der Waals surface area (Å²) in [5, 5.41) is 2.51. The maximum atomic E-state index is 12.3. The molecule has 0 bridgehead atoms. The van der Waals surface area contributed by atoms with E-state index in [9.17, 15) is 26.4 Å². The Hall–Kier alpha value is -2.80. The summed E-state index contributed by atoms with van der Waals surface area (Å²) >= 11 is 0. The highest BCUT2D eigenvalue weighted by atomic mass is 32.2. The van der Waals surface area contributed by atoms with Crippen LogP contribution in [-0.2, 0) is 34.4 Å². The topological polar surface area (TPSA) is 148 Å². The molecule has 0 saturated carbocycles. The van der Waals surface area contributed by atoms with Crippen LogP contribution in [-0.4, -0.2) is 46.9 Å². The summed E-state index contributed by atoms with van der Waals surface area (Å²) in [7, 11) is -7.61. The second kappa shape index (κ2) is 10.9.